The third-order valence-corrected chi connectivity index (χ3v) is 4.73. The number of hydrogen-bond donors (Lipinski definition) is 0. The lowest BCUT2D eigenvalue weighted by atomic mass is 10.2. The lowest BCUT2D eigenvalue weighted by Gasteiger charge is -2.10. The van der Waals surface area contributed by atoms with E-state index < -0.39 is 9.84 Å². The van der Waals surface area contributed by atoms with Gasteiger partial charge in [-0.25, -0.2) is 8.42 Å². The minimum absolute atomic E-state index is 0.00806. The summed E-state index contributed by atoms with van der Waals surface area (Å²) in [5.74, 6) is 0.906. The molecule has 0 N–H and O–H groups in total. The molecule has 0 aliphatic rings. The monoisotopic (exact) mass is 281 g/mol. The number of hydrogen-bond acceptors (Lipinski definition) is 4. The van der Waals surface area contributed by atoms with E-state index >= 15 is 0 Å². The molecule has 104 valence electrons. The molecular formula is C14H19NO3S. The first-order valence-corrected chi connectivity index (χ1v) is 8.12. The summed E-state index contributed by atoms with van der Waals surface area (Å²) in [6.45, 7) is 4.02. The molecule has 0 spiro atoms. The summed E-state index contributed by atoms with van der Waals surface area (Å²) in [5.41, 5.74) is 0.500. The van der Waals surface area contributed by atoms with Crippen LogP contribution >= 0.6 is 0 Å². The molecular weight excluding hydrogens is 262 g/mol. The molecule has 0 aliphatic carbocycles. The van der Waals surface area contributed by atoms with Crippen molar-refractivity contribution in [1.29, 1.82) is 5.26 Å². The van der Waals surface area contributed by atoms with E-state index in [-0.39, 0.29) is 24.0 Å². The van der Waals surface area contributed by atoms with Crippen LogP contribution in [0.5, 0.6) is 5.75 Å². The van der Waals surface area contributed by atoms with Crippen molar-refractivity contribution in [1.82, 2.24) is 0 Å². The lowest BCUT2D eigenvalue weighted by Crippen LogP contribution is -2.20. The molecule has 0 aliphatic heterocycles. The highest BCUT2D eigenvalue weighted by Gasteiger charge is 2.14. The molecule has 0 heterocycles. The molecule has 0 radical (unpaired) electrons. The number of sulfone groups is 1. The molecule has 19 heavy (non-hydrogen) atoms. The van der Waals surface area contributed by atoms with Gasteiger partial charge in [0.25, 0.3) is 0 Å². The Morgan fingerprint density at radius 2 is 2.16 bits per heavy atom. The van der Waals surface area contributed by atoms with Gasteiger partial charge in [-0.15, -0.1) is 0 Å². The molecule has 0 bridgehead atoms. The summed E-state index contributed by atoms with van der Waals surface area (Å²) in [4.78, 5) is 0. The highest BCUT2D eigenvalue weighted by Crippen LogP contribution is 2.13. The maximum atomic E-state index is 11.8. The van der Waals surface area contributed by atoms with E-state index in [4.69, 9.17) is 10.00 Å². The molecule has 0 amide bonds. The zero-order valence-corrected chi connectivity index (χ0v) is 12.1. The molecule has 1 rings (SSSR count). The molecule has 0 saturated carbocycles. The van der Waals surface area contributed by atoms with Crippen LogP contribution in [0.1, 0.15) is 25.8 Å². The van der Waals surface area contributed by atoms with Gasteiger partial charge in [-0.1, -0.05) is 26.3 Å². The molecule has 5 heteroatoms. The zero-order chi connectivity index (χ0) is 14.3. The van der Waals surface area contributed by atoms with Gasteiger partial charge >= 0.3 is 0 Å². The van der Waals surface area contributed by atoms with Crippen LogP contribution in [0.3, 0.4) is 0 Å². The Labute approximate surface area is 114 Å². The maximum Gasteiger partial charge on any atom is 0.153 e. The van der Waals surface area contributed by atoms with Crippen molar-refractivity contribution in [3.63, 3.8) is 0 Å². The van der Waals surface area contributed by atoms with Gasteiger partial charge in [0.2, 0.25) is 0 Å². The Morgan fingerprint density at radius 3 is 2.79 bits per heavy atom. The van der Waals surface area contributed by atoms with Crippen molar-refractivity contribution < 1.29 is 13.2 Å². The van der Waals surface area contributed by atoms with Gasteiger partial charge in [0, 0.05) is 0 Å². The van der Waals surface area contributed by atoms with Crippen LogP contribution in [0.4, 0.5) is 0 Å². The molecule has 0 saturated heterocycles. The van der Waals surface area contributed by atoms with Gasteiger partial charge in [-0.2, -0.15) is 5.26 Å². The van der Waals surface area contributed by atoms with E-state index in [1.165, 1.54) is 0 Å². The average molecular weight is 281 g/mol. The Morgan fingerprint density at radius 1 is 1.42 bits per heavy atom. The molecule has 1 aromatic carbocycles. The number of nitriles is 1. The molecule has 0 aromatic heterocycles. The van der Waals surface area contributed by atoms with Crippen LogP contribution in [0.25, 0.3) is 0 Å². The van der Waals surface area contributed by atoms with Crippen LogP contribution in [0.15, 0.2) is 24.3 Å². The topological polar surface area (TPSA) is 67.2 Å². The zero-order valence-electron chi connectivity index (χ0n) is 11.3. The van der Waals surface area contributed by atoms with Crippen LogP contribution in [-0.4, -0.2) is 26.5 Å². The first-order valence-electron chi connectivity index (χ1n) is 6.30. The van der Waals surface area contributed by atoms with Crippen LogP contribution < -0.4 is 4.74 Å². The van der Waals surface area contributed by atoms with Crippen LogP contribution in [-0.2, 0) is 9.84 Å². The number of rotatable bonds is 7. The fourth-order valence-corrected chi connectivity index (χ4v) is 3.18. The molecule has 0 fully saturated rings. The Balaban J connectivity index is 2.48. The smallest absolute Gasteiger partial charge is 0.153 e. The normalized spacial score (nSPS) is 12.7. The van der Waals surface area contributed by atoms with Crippen molar-refractivity contribution in [3.05, 3.63) is 29.8 Å². The molecule has 4 nitrogen and oxygen atoms in total. The maximum absolute atomic E-state index is 11.8. The first-order chi connectivity index (χ1) is 8.96. The summed E-state index contributed by atoms with van der Waals surface area (Å²) < 4.78 is 28.9. The van der Waals surface area contributed by atoms with E-state index in [1.807, 2.05) is 19.9 Å². The van der Waals surface area contributed by atoms with Gasteiger partial charge in [0.15, 0.2) is 9.84 Å². The van der Waals surface area contributed by atoms with E-state index in [0.29, 0.717) is 11.3 Å². The largest absolute Gasteiger partial charge is 0.492 e. The van der Waals surface area contributed by atoms with Gasteiger partial charge in [-0.05, 0) is 24.1 Å². The lowest BCUT2D eigenvalue weighted by molar-refractivity contribution is 0.340. The fraction of sp³-hybridized carbons (Fsp3) is 0.500. The quantitative estimate of drug-likeness (QED) is 0.769. The minimum atomic E-state index is -3.07. The van der Waals surface area contributed by atoms with Crippen LogP contribution in [0, 0.1) is 17.2 Å². The van der Waals surface area contributed by atoms with Crippen molar-refractivity contribution in [2.75, 3.05) is 18.1 Å². The highest BCUT2D eigenvalue weighted by molar-refractivity contribution is 7.91. The van der Waals surface area contributed by atoms with E-state index in [0.717, 1.165) is 6.42 Å². The number of ether oxygens (including phenoxy) is 1. The predicted octanol–water partition coefficient (Wildman–Crippen LogP) is 2.40. The minimum Gasteiger partial charge on any atom is -0.492 e. The predicted molar refractivity (Wildman–Crippen MR) is 74.8 cm³/mol. The fourth-order valence-electron chi connectivity index (χ4n) is 1.58. The van der Waals surface area contributed by atoms with E-state index in [2.05, 4.69) is 0 Å². The number of nitrogens with zero attached hydrogens (tertiary/aromatic N) is 1. The van der Waals surface area contributed by atoms with Crippen molar-refractivity contribution in [3.8, 4) is 11.8 Å². The summed E-state index contributed by atoms with van der Waals surface area (Å²) >= 11 is 0. The Bertz CT molecular complexity index is 546. The van der Waals surface area contributed by atoms with Crippen molar-refractivity contribution in [2.24, 2.45) is 5.92 Å². The third-order valence-electron chi connectivity index (χ3n) is 2.86. The van der Waals surface area contributed by atoms with Gasteiger partial charge in [0.1, 0.15) is 12.4 Å². The second-order valence-electron chi connectivity index (χ2n) is 4.62. The van der Waals surface area contributed by atoms with Gasteiger partial charge < -0.3 is 4.74 Å². The average Bonchev–Trinajstić information content (AvgIpc) is 2.38. The summed E-state index contributed by atoms with van der Waals surface area (Å²) in [6, 6.07) is 8.70. The van der Waals surface area contributed by atoms with E-state index in [1.54, 1.807) is 24.3 Å². The summed E-state index contributed by atoms with van der Waals surface area (Å²) in [5, 5.41) is 8.74. The highest BCUT2D eigenvalue weighted by atomic mass is 32.2. The molecule has 1 unspecified atom stereocenters. The second kappa shape index (κ2) is 7.15. The van der Waals surface area contributed by atoms with Crippen molar-refractivity contribution >= 4 is 9.84 Å². The van der Waals surface area contributed by atoms with Gasteiger partial charge in [-0.3, -0.25) is 0 Å². The third kappa shape index (κ3) is 5.75. The second-order valence-corrected chi connectivity index (χ2v) is 6.84. The van der Waals surface area contributed by atoms with Crippen molar-refractivity contribution in [2.45, 2.75) is 20.3 Å². The van der Waals surface area contributed by atoms with Crippen LogP contribution in [0.2, 0.25) is 0 Å². The van der Waals surface area contributed by atoms with Gasteiger partial charge in [0.05, 0.1) is 23.1 Å². The first kappa shape index (κ1) is 15.5. The molecule has 1 aromatic rings. The Kier molecular flexibility index (Phi) is 5.84. The summed E-state index contributed by atoms with van der Waals surface area (Å²) in [7, 11) is -3.07. The standard InChI is InChI=1S/C14H19NO3S/c1-3-12(2)11-19(16,17)8-7-18-14-6-4-5-13(9-14)10-15/h4-6,9,12H,3,7-8,11H2,1-2H3. The summed E-state index contributed by atoms with van der Waals surface area (Å²) in [6.07, 6.45) is 0.851. The number of benzene rings is 1. The van der Waals surface area contributed by atoms with E-state index in [9.17, 15) is 8.42 Å². The SMILES string of the molecule is CCC(C)CS(=O)(=O)CCOc1cccc(C#N)c1. The Hall–Kier alpha value is -1.54. The molecule has 1 atom stereocenters.